The first-order valence-electron chi connectivity index (χ1n) is 7.02. The van der Waals surface area contributed by atoms with E-state index in [0.29, 0.717) is 5.41 Å². The first kappa shape index (κ1) is 13.3. The molecular formula is C16H23NOS. The van der Waals surface area contributed by atoms with Gasteiger partial charge in [-0.2, -0.15) is 11.8 Å². The molecule has 3 heteroatoms. The van der Waals surface area contributed by atoms with Gasteiger partial charge in [0.25, 0.3) is 0 Å². The maximum Gasteiger partial charge on any atom is 0.124 e. The lowest BCUT2D eigenvalue weighted by atomic mass is 9.76. The number of benzene rings is 1. The van der Waals surface area contributed by atoms with Gasteiger partial charge in [0.1, 0.15) is 11.4 Å². The van der Waals surface area contributed by atoms with Gasteiger partial charge in [0.15, 0.2) is 0 Å². The van der Waals surface area contributed by atoms with Crippen LogP contribution in [0.25, 0.3) is 0 Å². The molecule has 2 N–H and O–H groups in total. The van der Waals surface area contributed by atoms with E-state index in [1.165, 1.54) is 16.9 Å². The summed E-state index contributed by atoms with van der Waals surface area (Å²) >= 11 is 2.01. The minimum atomic E-state index is -0.0614. The highest BCUT2D eigenvalue weighted by Crippen LogP contribution is 2.49. The highest BCUT2D eigenvalue weighted by molar-refractivity contribution is 7.99. The van der Waals surface area contributed by atoms with Crippen LogP contribution in [0.2, 0.25) is 0 Å². The van der Waals surface area contributed by atoms with Gasteiger partial charge in [-0.3, -0.25) is 0 Å². The molecule has 0 amide bonds. The summed E-state index contributed by atoms with van der Waals surface area (Å²) in [5.41, 5.74) is 9.13. The normalized spacial score (nSPS) is 32.7. The summed E-state index contributed by atoms with van der Waals surface area (Å²) in [7, 11) is 0. The summed E-state index contributed by atoms with van der Waals surface area (Å²) in [6, 6.07) is 6.50. The molecule has 0 radical (unpaired) electrons. The van der Waals surface area contributed by atoms with Gasteiger partial charge in [0.05, 0.1) is 0 Å². The highest BCUT2D eigenvalue weighted by atomic mass is 32.2. The largest absolute Gasteiger partial charge is 0.486 e. The second-order valence-corrected chi connectivity index (χ2v) is 7.96. The molecule has 1 fully saturated rings. The summed E-state index contributed by atoms with van der Waals surface area (Å²) in [4.78, 5) is 0. The average molecular weight is 277 g/mol. The van der Waals surface area contributed by atoms with E-state index >= 15 is 0 Å². The molecular weight excluding hydrogens is 254 g/mol. The van der Waals surface area contributed by atoms with Gasteiger partial charge in [0.2, 0.25) is 0 Å². The number of thioether (sulfide) groups is 1. The Morgan fingerprint density at radius 3 is 2.84 bits per heavy atom. The molecule has 19 heavy (non-hydrogen) atoms. The highest BCUT2D eigenvalue weighted by Gasteiger charge is 2.46. The minimum absolute atomic E-state index is 0.0614. The lowest BCUT2D eigenvalue weighted by Gasteiger charge is -2.48. The van der Waals surface area contributed by atoms with Crippen molar-refractivity contribution in [2.75, 3.05) is 11.5 Å². The van der Waals surface area contributed by atoms with Gasteiger partial charge >= 0.3 is 0 Å². The number of aryl methyl sites for hydroxylation is 1. The quantitative estimate of drug-likeness (QED) is 0.785. The van der Waals surface area contributed by atoms with E-state index in [2.05, 4.69) is 39.0 Å². The van der Waals surface area contributed by atoms with Crippen molar-refractivity contribution in [3.05, 3.63) is 29.3 Å². The SMILES string of the molecule is Cc1ccc2c(c1)[C@H](N)CC1(CSCC(C)(C)C1)O2. The van der Waals surface area contributed by atoms with Gasteiger partial charge in [-0.25, -0.2) is 0 Å². The topological polar surface area (TPSA) is 35.2 Å². The Bertz CT molecular complexity index is 500. The average Bonchev–Trinajstić information content (AvgIpc) is 2.29. The molecule has 2 atom stereocenters. The molecule has 1 unspecified atom stereocenters. The van der Waals surface area contributed by atoms with Crippen molar-refractivity contribution >= 4 is 11.8 Å². The van der Waals surface area contributed by atoms with Crippen LogP contribution >= 0.6 is 11.8 Å². The van der Waals surface area contributed by atoms with Crippen LogP contribution in [-0.4, -0.2) is 17.1 Å². The Balaban J connectivity index is 1.94. The maximum absolute atomic E-state index is 6.42. The van der Waals surface area contributed by atoms with Crippen LogP contribution in [-0.2, 0) is 0 Å². The minimum Gasteiger partial charge on any atom is -0.486 e. The molecule has 3 rings (SSSR count). The molecule has 0 aliphatic carbocycles. The van der Waals surface area contributed by atoms with Crippen molar-refractivity contribution in [1.29, 1.82) is 0 Å². The van der Waals surface area contributed by atoms with Crippen LogP contribution in [0.3, 0.4) is 0 Å². The van der Waals surface area contributed by atoms with E-state index < -0.39 is 0 Å². The summed E-state index contributed by atoms with van der Waals surface area (Å²) in [6.07, 6.45) is 2.05. The number of nitrogens with two attached hydrogens (primary N) is 1. The molecule has 2 heterocycles. The van der Waals surface area contributed by atoms with Crippen LogP contribution in [0.1, 0.15) is 43.9 Å². The third kappa shape index (κ3) is 2.50. The predicted molar refractivity (Wildman–Crippen MR) is 81.8 cm³/mol. The smallest absolute Gasteiger partial charge is 0.124 e. The fourth-order valence-electron chi connectivity index (χ4n) is 3.52. The number of hydrogen-bond acceptors (Lipinski definition) is 3. The summed E-state index contributed by atoms with van der Waals surface area (Å²) in [6.45, 7) is 6.78. The third-order valence-electron chi connectivity index (χ3n) is 4.14. The molecule has 2 aliphatic heterocycles. The molecule has 1 aromatic rings. The molecule has 2 nitrogen and oxygen atoms in total. The van der Waals surface area contributed by atoms with Crippen molar-refractivity contribution in [3.63, 3.8) is 0 Å². The molecule has 0 aromatic heterocycles. The zero-order valence-electron chi connectivity index (χ0n) is 12.0. The van der Waals surface area contributed by atoms with E-state index in [9.17, 15) is 0 Å². The van der Waals surface area contributed by atoms with Crippen molar-refractivity contribution in [3.8, 4) is 5.75 Å². The maximum atomic E-state index is 6.42. The van der Waals surface area contributed by atoms with Crippen LogP contribution in [0, 0.1) is 12.3 Å². The van der Waals surface area contributed by atoms with Gasteiger partial charge in [-0.15, -0.1) is 0 Å². The Hall–Kier alpha value is -0.670. The van der Waals surface area contributed by atoms with E-state index in [0.717, 1.165) is 24.3 Å². The Morgan fingerprint density at radius 2 is 2.11 bits per heavy atom. The summed E-state index contributed by atoms with van der Waals surface area (Å²) < 4.78 is 6.42. The van der Waals surface area contributed by atoms with Crippen LogP contribution in [0.5, 0.6) is 5.75 Å². The van der Waals surface area contributed by atoms with Crippen LogP contribution < -0.4 is 10.5 Å². The summed E-state index contributed by atoms with van der Waals surface area (Å²) in [5.74, 6) is 3.29. The van der Waals surface area contributed by atoms with E-state index in [1.54, 1.807) is 0 Å². The van der Waals surface area contributed by atoms with E-state index in [-0.39, 0.29) is 11.6 Å². The Morgan fingerprint density at radius 1 is 1.32 bits per heavy atom. The lowest BCUT2D eigenvalue weighted by Crippen LogP contribution is -2.51. The Labute approximate surface area is 120 Å². The fraction of sp³-hybridized carbons (Fsp3) is 0.625. The molecule has 1 spiro atoms. The molecule has 1 aromatic carbocycles. The van der Waals surface area contributed by atoms with Crippen molar-refractivity contribution in [2.24, 2.45) is 11.1 Å². The second-order valence-electron chi connectivity index (χ2n) is 6.97. The second kappa shape index (κ2) is 4.42. The lowest BCUT2D eigenvalue weighted by molar-refractivity contribution is 0.0166. The van der Waals surface area contributed by atoms with Crippen molar-refractivity contribution in [2.45, 2.75) is 45.3 Å². The van der Waals surface area contributed by atoms with Crippen molar-refractivity contribution in [1.82, 2.24) is 0 Å². The fourth-order valence-corrected chi connectivity index (χ4v) is 4.93. The monoisotopic (exact) mass is 277 g/mol. The van der Waals surface area contributed by atoms with Gasteiger partial charge in [-0.05, 0) is 30.6 Å². The summed E-state index contributed by atoms with van der Waals surface area (Å²) in [5, 5.41) is 0. The zero-order chi connectivity index (χ0) is 13.7. The predicted octanol–water partition coefficient (Wildman–Crippen LogP) is 3.68. The van der Waals surface area contributed by atoms with E-state index in [4.69, 9.17) is 10.5 Å². The standard InChI is InChI=1S/C16H23NOS/c1-11-4-5-14-12(6-11)13(17)7-16(18-14)8-15(2,3)9-19-10-16/h4-6,13H,7-10,17H2,1-3H3/t13-,16?/m1/s1. The number of hydrogen-bond donors (Lipinski definition) is 1. The number of ether oxygens (including phenoxy) is 1. The number of rotatable bonds is 0. The van der Waals surface area contributed by atoms with Gasteiger partial charge in [0, 0.05) is 23.8 Å². The Kier molecular flexibility index (Phi) is 3.10. The van der Waals surface area contributed by atoms with Crippen LogP contribution in [0.15, 0.2) is 18.2 Å². The molecule has 0 saturated carbocycles. The molecule has 0 bridgehead atoms. The molecule has 104 valence electrons. The van der Waals surface area contributed by atoms with Gasteiger partial charge in [-0.1, -0.05) is 31.5 Å². The zero-order valence-corrected chi connectivity index (χ0v) is 12.8. The first-order valence-corrected chi connectivity index (χ1v) is 8.18. The molecule has 1 saturated heterocycles. The van der Waals surface area contributed by atoms with Crippen LogP contribution in [0.4, 0.5) is 0 Å². The number of fused-ring (bicyclic) bond motifs is 1. The van der Waals surface area contributed by atoms with E-state index in [1.807, 2.05) is 11.8 Å². The third-order valence-corrected chi connectivity index (χ3v) is 5.86. The van der Waals surface area contributed by atoms with Gasteiger partial charge < -0.3 is 10.5 Å². The molecule has 2 aliphatic rings. The van der Waals surface area contributed by atoms with Crippen molar-refractivity contribution < 1.29 is 4.74 Å². The first-order chi connectivity index (χ1) is 8.89.